The van der Waals surface area contributed by atoms with Crippen molar-refractivity contribution in [3.63, 3.8) is 0 Å². The minimum absolute atomic E-state index is 0.0356. The molecule has 6 nitrogen and oxygen atoms in total. The number of hydrazine groups is 1. The Hall–Kier alpha value is -2.13. The maximum Gasteiger partial charge on any atom is 0.442 e. The van der Waals surface area contributed by atoms with Gasteiger partial charge in [0.05, 0.1) is 6.61 Å². The number of aliphatic hydroxyl groups is 1. The molecule has 0 bridgehead atoms. The molecule has 0 spiro atoms. The second-order valence-electron chi connectivity index (χ2n) is 4.62. The third-order valence-electron chi connectivity index (χ3n) is 3.09. The van der Waals surface area contributed by atoms with Crippen LogP contribution in [0.2, 0.25) is 0 Å². The number of alkyl halides is 3. The first-order chi connectivity index (χ1) is 10.3. The van der Waals surface area contributed by atoms with E-state index < -0.39 is 17.8 Å². The number of ether oxygens (including phenoxy) is 1. The summed E-state index contributed by atoms with van der Waals surface area (Å²) in [5.74, 6) is -1.02. The van der Waals surface area contributed by atoms with Gasteiger partial charge in [0.1, 0.15) is 0 Å². The molecule has 1 aliphatic heterocycles. The van der Waals surface area contributed by atoms with Gasteiger partial charge in [-0.3, -0.25) is 15.2 Å². The minimum atomic E-state index is -5.06. The molecular formula is C13H14F3N3O3. The number of aromatic nitrogens is 1. The summed E-state index contributed by atoms with van der Waals surface area (Å²) in [6.45, 7) is 0.143. The van der Waals surface area contributed by atoms with Gasteiger partial charge in [-0.1, -0.05) is 0 Å². The molecule has 0 saturated heterocycles. The van der Waals surface area contributed by atoms with Crippen molar-refractivity contribution in [3.8, 4) is 0 Å². The van der Waals surface area contributed by atoms with Crippen molar-refractivity contribution in [2.75, 3.05) is 13.7 Å². The molecule has 2 rings (SSSR count). The SMILES string of the molecule is COCCC1=C[C@](O)(C(F)(F)F)N(C(=O)c2ccncc2)N1. The number of rotatable bonds is 4. The summed E-state index contributed by atoms with van der Waals surface area (Å²) in [6.07, 6.45) is -1.85. The number of nitrogens with one attached hydrogen (secondary N) is 1. The molecular weight excluding hydrogens is 303 g/mol. The van der Waals surface area contributed by atoms with Crippen molar-refractivity contribution >= 4 is 5.91 Å². The lowest BCUT2D eigenvalue weighted by Crippen LogP contribution is -2.60. The Morgan fingerprint density at radius 2 is 2.09 bits per heavy atom. The maximum atomic E-state index is 13.2. The van der Waals surface area contributed by atoms with Crippen molar-refractivity contribution in [3.05, 3.63) is 41.9 Å². The van der Waals surface area contributed by atoms with E-state index in [1.54, 1.807) is 0 Å². The summed E-state index contributed by atoms with van der Waals surface area (Å²) in [4.78, 5) is 15.9. The molecule has 120 valence electrons. The number of carbonyl (C=O) groups is 1. The lowest BCUT2D eigenvalue weighted by Gasteiger charge is -2.33. The van der Waals surface area contributed by atoms with Gasteiger partial charge in [-0.25, -0.2) is 5.01 Å². The summed E-state index contributed by atoms with van der Waals surface area (Å²) >= 11 is 0. The van der Waals surface area contributed by atoms with Gasteiger partial charge in [-0.2, -0.15) is 13.2 Å². The predicted octanol–water partition coefficient (Wildman–Crippen LogP) is 1.21. The Morgan fingerprint density at radius 3 is 2.64 bits per heavy atom. The highest BCUT2D eigenvalue weighted by Crippen LogP contribution is 2.38. The van der Waals surface area contributed by atoms with Gasteiger partial charge in [-0.05, 0) is 18.2 Å². The summed E-state index contributed by atoms with van der Waals surface area (Å²) < 4.78 is 44.4. The van der Waals surface area contributed by atoms with Crippen molar-refractivity contribution in [1.82, 2.24) is 15.4 Å². The van der Waals surface area contributed by atoms with Gasteiger partial charge in [-0.15, -0.1) is 0 Å². The topological polar surface area (TPSA) is 74.7 Å². The molecule has 2 heterocycles. The molecule has 2 N–H and O–H groups in total. The van der Waals surface area contributed by atoms with Crippen LogP contribution in [0.1, 0.15) is 16.8 Å². The highest BCUT2D eigenvalue weighted by atomic mass is 19.4. The minimum Gasteiger partial charge on any atom is -0.384 e. The maximum absolute atomic E-state index is 13.2. The molecule has 1 atom stereocenters. The first kappa shape index (κ1) is 16.2. The third-order valence-corrected chi connectivity index (χ3v) is 3.09. The molecule has 1 aromatic heterocycles. The van der Waals surface area contributed by atoms with Gasteiger partial charge in [0.15, 0.2) is 0 Å². The fourth-order valence-electron chi connectivity index (χ4n) is 1.95. The molecule has 0 aromatic carbocycles. The Bertz CT molecular complexity index is 577. The number of halogens is 3. The fraction of sp³-hybridized carbons (Fsp3) is 0.385. The summed E-state index contributed by atoms with van der Waals surface area (Å²) in [5, 5.41) is 10.1. The van der Waals surface area contributed by atoms with Gasteiger partial charge in [0.2, 0.25) is 0 Å². The van der Waals surface area contributed by atoms with Gasteiger partial charge >= 0.3 is 6.18 Å². The fourth-order valence-corrected chi connectivity index (χ4v) is 1.95. The van der Waals surface area contributed by atoms with Crippen LogP contribution in [0.5, 0.6) is 0 Å². The predicted molar refractivity (Wildman–Crippen MR) is 69.1 cm³/mol. The van der Waals surface area contributed by atoms with Gasteiger partial charge in [0, 0.05) is 37.2 Å². The monoisotopic (exact) mass is 317 g/mol. The van der Waals surface area contributed by atoms with E-state index in [4.69, 9.17) is 4.74 Å². The van der Waals surface area contributed by atoms with Crippen molar-refractivity contribution < 1.29 is 27.8 Å². The molecule has 1 amide bonds. The van der Waals surface area contributed by atoms with Crippen molar-refractivity contribution in [1.29, 1.82) is 0 Å². The smallest absolute Gasteiger partial charge is 0.384 e. The van der Waals surface area contributed by atoms with Crippen LogP contribution in [-0.2, 0) is 4.74 Å². The van der Waals surface area contributed by atoms with E-state index in [0.29, 0.717) is 6.08 Å². The Kier molecular flexibility index (Phi) is 4.38. The van der Waals surface area contributed by atoms with Crippen LogP contribution in [-0.4, -0.2) is 46.6 Å². The van der Waals surface area contributed by atoms with Crippen LogP contribution < -0.4 is 5.43 Å². The number of pyridine rings is 1. The van der Waals surface area contributed by atoms with E-state index in [1.807, 2.05) is 0 Å². The largest absolute Gasteiger partial charge is 0.442 e. The third kappa shape index (κ3) is 2.90. The Morgan fingerprint density at radius 1 is 1.45 bits per heavy atom. The number of amides is 1. The zero-order valence-corrected chi connectivity index (χ0v) is 11.6. The summed E-state index contributed by atoms with van der Waals surface area (Å²) in [7, 11) is 1.39. The van der Waals surface area contributed by atoms with E-state index in [0.717, 1.165) is 0 Å². The van der Waals surface area contributed by atoms with E-state index in [2.05, 4.69) is 10.4 Å². The van der Waals surface area contributed by atoms with E-state index in [1.165, 1.54) is 31.6 Å². The second kappa shape index (κ2) is 5.93. The van der Waals surface area contributed by atoms with E-state index >= 15 is 0 Å². The van der Waals surface area contributed by atoms with Crippen LogP contribution in [0, 0.1) is 0 Å². The zero-order chi connectivity index (χ0) is 16.4. The average Bonchev–Trinajstić information content (AvgIpc) is 2.83. The molecule has 22 heavy (non-hydrogen) atoms. The quantitative estimate of drug-likeness (QED) is 0.873. The van der Waals surface area contributed by atoms with Crippen molar-refractivity contribution in [2.24, 2.45) is 0 Å². The van der Waals surface area contributed by atoms with Gasteiger partial charge in [0.25, 0.3) is 11.6 Å². The molecule has 0 aliphatic carbocycles. The molecule has 9 heteroatoms. The average molecular weight is 317 g/mol. The van der Waals surface area contributed by atoms with Crippen LogP contribution in [0.3, 0.4) is 0 Å². The lowest BCUT2D eigenvalue weighted by molar-refractivity contribution is -0.283. The molecule has 0 saturated carbocycles. The standard InChI is InChI=1S/C13H14F3N3O3/c1-22-7-4-10-8-12(21,13(14,15)16)19(18-10)11(20)9-2-5-17-6-3-9/h2-3,5-6,8,18,21H,4,7H2,1H3/t12-/m0/s1. The van der Waals surface area contributed by atoms with Crippen molar-refractivity contribution in [2.45, 2.75) is 18.3 Å². The molecule has 1 aromatic rings. The normalized spacial score (nSPS) is 21.5. The van der Waals surface area contributed by atoms with Gasteiger partial charge < -0.3 is 9.84 Å². The molecule has 1 aliphatic rings. The molecule has 0 radical (unpaired) electrons. The number of nitrogens with zero attached hydrogens (tertiary/aromatic N) is 2. The molecule has 0 fully saturated rings. The van der Waals surface area contributed by atoms with Crippen LogP contribution in [0.4, 0.5) is 13.2 Å². The van der Waals surface area contributed by atoms with Crippen LogP contribution in [0.25, 0.3) is 0 Å². The summed E-state index contributed by atoms with van der Waals surface area (Å²) in [6, 6.07) is 2.52. The first-order valence-electron chi connectivity index (χ1n) is 6.30. The number of hydrogen-bond donors (Lipinski definition) is 2. The highest BCUT2D eigenvalue weighted by Gasteiger charge is 2.61. The Labute approximate surface area is 124 Å². The zero-order valence-electron chi connectivity index (χ0n) is 11.6. The highest BCUT2D eigenvalue weighted by molar-refractivity contribution is 5.94. The molecule has 0 unspecified atom stereocenters. The number of methoxy groups -OCH3 is 1. The Balaban J connectivity index is 2.32. The first-order valence-corrected chi connectivity index (χ1v) is 6.30. The van der Waals surface area contributed by atoms with Crippen LogP contribution in [0.15, 0.2) is 36.3 Å². The number of hydrogen-bond acceptors (Lipinski definition) is 5. The van der Waals surface area contributed by atoms with Crippen LogP contribution >= 0.6 is 0 Å². The second-order valence-corrected chi connectivity index (χ2v) is 4.62. The van der Waals surface area contributed by atoms with E-state index in [-0.39, 0.29) is 29.3 Å². The summed E-state index contributed by atoms with van der Waals surface area (Å²) in [5.41, 5.74) is -1.11. The van der Waals surface area contributed by atoms with E-state index in [9.17, 15) is 23.1 Å². The lowest BCUT2D eigenvalue weighted by atomic mass is 10.1. The number of carbonyl (C=O) groups excluding carboxylic acids is 1.